The SMILES string of the molecule is O=C(Nc1cc(-c2cccnc2F)c(-c2cccnc2F)cc1F)N1[C@H]2CC[C@@H]1c1n[nH]c(=O)cc1C2. The van der Waals surface area contributed by atoms with E-state index in [1.54, 1.807) is 4.90 Å². The molecule has 2 aliphatic rings. The van der Waals surface area contributed by atoms with Gasteiger partial charge in [0.25, 0.3) is 5.56 Å². The smallest absolute Gasteiger partial charge is 0.313 e. The number of amides is 2. The van der Waals surface area contributed by atoms with E-state index < -0.39 is 23.7 Å². The van der Waals surface area contributed by atoms with Crippen molar-refractivity contribution in [3.05, 3.63) is 94.2 Å². The van der Waals surface area contributed by atoms with Gasteiger partial charge in [0, 0.05) is 35.6 Å². The highest BCUT2D eigenvalue weighted by Crippen LogP contribution is 2.43. The molecule has 1 aromatic carbocycles. The number of anilines is 1. The molecule has 4 aromatic rings. The molecule has 1 fully saturated rings. The number of fused-ring (bicyclic) bond motifs is 4. The zero-order valence-electron chi connectivity index (χ0n) is 19.2. The van der Waals surface area contributed by atoms with Gasteiger partial charge in [0.1, 0.15) is 5.82 Å². The fraction of sp³-hybridized carbons (Fsp3) is 0.192. The lowest BCUT2D eigenvalue weighted by Gasteiger charge is -2.35. The first-order chi connectivity index (χ1) is 17.9. The van der Waals surface area contributed by atoms with Crippen molar-refractivity contribution in [1.82, 2.24) is 25.1 Å². The Morgan fingerprint density at radius 2 is 1.62 bits per heavy atom. The molecule has 1 saturated heterocycles. The van der Waals surface area contributed by atoms with E-state index in [9.17, 15) is 18.4 Å². The van der Waals surface area contributed by atoms with E-state index in [0.29, 0.717) is 25.0 Å². The summed E-state index contributed by atoms with van der Waals surface area (Å²) in [5.74, 6) is -2.51. The summed E-state index contributed by atoms with van der Waals surface area (Å²) in [6.45, 7) is 0. The number of carbonyl (C=O) groups is 1. The molecule has 5 heterocycles. The molecular weight excluding hydrogens is 485 g/mol. The van der Waals surface area contributed by atoms with Gasteiger partial charge in [0.2, 0.25) is 11.9 Å². The summed E-state index contributed by atoms with van der Waals surface area (Å²) in [5.41, 5.74) is 1.09. The third-order valence-electron chi connectivity index (χ3n) is 6.88. The van der Waals surface area contributed by atoms with Gasteiger partial charge in [-0.15, -0.1) is 0 Å². The zero-order chi connectivity index (χ0) is 25.7. The Morgan fingerprint density at radius 3 is 2.30 bits per heavy atom. The number of aromatic amines is 1. The van der Waals surface area contributed by atoms with Crippen molar-refractivity contribution in [3.8, 4) is 22.3 Å². The molecule has 3 aromatic heterocycles. The van der Waals surface area contributed by atoms with Crippen molar-refractivity contribution in [2.45, 2.75) is 31.3 Å². The first kappa shape index (κ1) is 22.9. The van der Waals surface area contributed by atoms with Gasteiger partial charge in [-0.25, -0.2) is 24.3 Å². The van der Waals surface area contributed by atoms with Crippen molar-refractivity contribution >= 4 is 11.7 Å². The quantitative estimate of drug-likeness (QED) is 0.397. The van der Waals surface area contributed by atoms with Crippen molar-refractivity contribution in [2.24, 2.45) is 0 Å². The number of nitrogens with one attached hydrogen (secondary N) is 2. The number of nitrogens with zero attached hydrogens (tertiary/aromatic N) is 4. The highest BCUT2D eigenvalue weighted by molar-refractivity contribution is 5.94. The average Bonchev–Trinajstić information content (AvgIpc) is 3.20. The van der Waals surface area contributed by atoms with E-state index in [4.69, 9.17) is 0 Å². The van der Waals surface area contributed by atoms with Crippen LogP contribution >= 0.6 is 0 Å². The third-order valence-corrected chi connectivity index (χ3v) is 6.88. The van der Waals surface area contributed by atoms with Crippen LogP contribution in [0.15, 0.2) is 59.7 Å². The molecular formula is C26H19F3N6O2. The number of hydrogen-bond acceptors (Lipinski definition) is 5. The standard InChI is InChI=1S/C26H19F3N6O2/c27-19-11-17(15-3-1-7-30-24(15)28)18(16-4-2-8-31-25(16)29)12-20(19)32-26(37)35-14-5-6-21(35)23-13(9-14)10-22(36)33-34-23/h1-4,7-8,10-12,14,21H,5-6,9H2,(H,32,37)(H,33,36)/t14-,21+/m0/s1. The van der Waals surface area contributed by atoms with Gasteiger partial charge in [-0.05, 0) is 72.4 Å². The minimum absolute atomic E-state index is 0.0105. The number of halogens is 3. The Kier molecular flexibility index (Phi) is 5.47. The number of H-pyrrole nitrogens is 1. The fourth-order valence-electron chi connectivity index (χ4n) is 5.28. The predicted molar refractivity (Wildman–Crippen MR) is 128 cm³/mol. The number of pyridine rings is 2. The van der Waals surface area contributed by atoms with Gasteiger partial charge < -0.3 is 10.2 Å². The fourth-order valence-corrected chi connectivity index (χ4v) is 5.28. The molecule has 0 aliphatic carbocycles. The summed E-state index contributed by atoms with van der Waals surface area (Å²) < 4.78 is 44.6. The Bertz CT molecular complexity index is 1610. The maximum absolute atomic E-state index is 15.3. The second-order valence-corrected chi connectivity index (χ2v) is 8.99. The normalized spacial score (nSPS) is 18.0. The van der Waals surface area contributed by atoms with Crippen molar-refractivity contribution in [1.29, 1.82) is 0 Å². The summed E-state index contributed by atoms with van der Waals surface area (Å²) in [5, 5.41) is 9.17. The summed E-state index contributed by atoms with van der Waals surface area (Å²) in [6.07, 6.45) is 4.34. The van der Waals surface area contributed by atoms with Gasteiger partial charge in [0.15, 0.2) is 0 Å². The number of urea groups is 1. The second-order valence-electron chi connectivity index (χ2n) is 8.99. The second kappa shape index (κ2) is 8.84. The van der Waals surface area contributed by atoms with Gasteiger partial charge in [-0.1, -0.05) is 0 Å². The molecule has 2 atom stereocenters. The monoisotopic (exact) mass is 504 g/mol. The molecule has 8 nitrogen and oxygen atoms in total. The topological polar surface area (TPSA) is 104 Å². The van der Waals surface area contributed by atoms with E-state index in [1.165, 1.54) is 48.8 Å². The number of aromatic nitrogens is 4. The van der Waals surface area contributed by atoms with Crippen molar-refractivity contribution in [3.63, 3.8) is 0 Å². The van der Waals surface area contributed by atoms with Gasteiger partial charge in [-0.3, -0.25) is 4.79 Å². The summed E-state index contributed by atoms with van der Waals surface area (Å²) >= 11 is 0. The van der Waals surface area contributed by atoms with E-state index in [2.05, 4.69) is 25.5 Å². The molecule has 0 saturated carbocycles. The summed E-state index contributed by atoms with van der Waals surface area (Å²) in [6, 6.07) is 8.55. The minimum atomic E-state index is -0.849. The lowest BCUT2D eigenvalue weighted by molar-refractivity contribution is 0.177. The number of hydrogen-bond donors (Lipinski definition) is 2. The van der Waals surface area contributed by atoms with Crippen molar-refractivity contribution < 1.29 is 18.0 Å². The van der Waals surface area contributed by atoms with Gasteiger partial charge in [0.05, 0.1) is 17.4 Å². The first-order valence-electron chi connectivity index (χ1n) is 11.6. The van der Waals surface area contributed by atoms with Crippen LogP contribution in [0.2, 0.25) is 0 Å². The zero-order valence-corrected chi connectivity index (χ0v) is 19.2. The molecule has 6 rings (SSSR count). The predicted octanol–water partition coefficient (Wildman–Crippen LogP) is 4.60. The first-order valence-corrected chi connectivity index (χ1v) is 11.6. The molecule has 0 unspecified atom stereocenters. The summed E-state index contributed by atoms with van der Waals surface area (Å²) in [7, 11) is 0. The molecule has 0 spiro atoms. The third kappa shape index (κ3) is 3.92. The molecule has 186 valence electrons. The molecule has 2 aliphatic heterocycles. The molecule has 2 N–H and O–H groups in total. The van der Waals surface area contributed by atoms with E-state index in [1.807, 2.05) is 0 Å². The van der Waals surface area contributed by atoms with Crippen LogP contribution in [-0.2, 0) is 6.42 Å². The van der Waals surface area contributed by atoms with E-state index >= 15 is 4.39 Å². The van der Waals surface area contributed by atoms with Gasteiger partial charge >= 0.3 is 6.03 Å². The van der Waals surface area contributed by atoms with Crippen LogP contribution in [0.3, 0.4) is 0 Å². The maximum Gasteiger partial charge on any atom is 0.322 e. The van der Waals surface area contributed by atoms with Crippen LogP contribution in [0.5, 0.6) is 0 Å². The number of rotatable bonds is 3. The molecule has 2 bridgehead atoms. The number of carbonyl (C=O) groups excluding carboxylic acids is 1. The maximum atomic E-state index is 15.3. The van der Waals surface area contributed by atoms with Crippen LogP contribution in [0, 0.1) is 17.7 Å². The Morgan fingerprint density at radius 1 is 0.946 bits per heavy atom. The van der Waals surface area contributed by atoms with Crippen molar-refractivity contribution in [2.75, 3.05) is 5.32 Å². The molecule has 37 heavy (non-hydrogen) atoms. The van der Waals surface area contributed by atoms with Crippen LogP contribution in [-0.4, -0.2) is 37.1 Å². The lowest BCUT2D eigenvalue weighted by Crippen LogP contribution is -2.45. The van der Waals surface area contributed by atoms with E-state index in [0.717, 1.165) is 11.6 Å². The minimum Gasteiger partial charge on any atom is -0.313 e. The Hall–Kier alpha value is -4.54. The van der Waals surface area contributed by atoms with E-state index in [-0.39, 0.29) is 45.6 Å². The molecule has 0 radical (unpaired) electrons. The Labute approximate surface area is 208 Å². The van der Waals surface area contributed by atoms with Crippen LogP contribution in [0.25, 0.3) is 22.3 Å². The molecule has 11 heteroatoms. The largest absolute Gasteiger partial charge is 0.322 e. The highest BCUT2D eigenvalue weighted by atomic mass is 19.1. The average molecular weight is 504 g/mol. The van der Waals surface area contributed by atoms with Crippen LogP contribution < -0.4 is 10.9 Å². The molecule has 2 amide bonds. The van der Waals surface area contributed by atoms with Crippen LogP contribution in [0.4, 0.5) is 23.7 Å². The highest BCUT2D eigenvalue weighted by Gasteiger charge is 2.44. The van der Waals surface area contributed by atoms with Gasteiger partial charge in [-0.2, -0.15) is 13.9 Å². The summed E-state index contributed by atoms with van der Waals surface area (Å²) in [4.78, 5) is 33.9. The van der Waals surface area contributed by atoms with Crippen LogP contribution in [0.1, 0.15) is 30.1 Å². The lowest BCUT2D eigenvalue weighted by atomic mass is 9.95. The Balaban J connectivity index is 1.40. The number of benzene rings is 1.